The van der Waals surface area contributed by atoms with Gasteiger partial charge in [0.2, 0.25) is 5.91 Å². The van der Waals surface area contributed by atoms with E-state index in [1.807, 2.05) is 23.1 Å². The van der Waals surface area contributed by atoms with Crippen molar-refractivity contribution in [2.24, 2.45) is 0 Å². The van der Waals surface area contributed by atoms with Crippen molar-refractivity contribution in [2.75, 3.05) is 5.33 Å². The summed E-state index contributed by atoms with van der Waals surface area (Å²) in [6, 6.07) is 10.3. The zero-order chi connectivity index (χ0) is 12.0. The summed E-state index contributed by atoms with van der Waals surface area (Å²) < 4.78 is 0. The average molecular weight is 284 g/mol. The molecule has 0 aliphatic heterocycles. The minimum atomic E-state index is 0.204. The first-order chi connectivity index (χ1) is 7.65. The first kappa shape index (κ1) is 13.2. The molecule has 1 rings (SSSR count). The van der Waals surface area contributed by atoms with Crippen LogP contribution in [0.15, 0.2) is 30.3 Å². The third-order valence-electron chi connectivity index (χ3n) is 2.45. The number of carbonyl (C=O) groups excluding carboxylic acids is 1. The molecule has 0 fully saturated rings. The van der Waals surface area contributed by atoms with Gasteiger partial charge in [0, 0.05) is 24.3 Å². The van der Waals surface area contributed by atoms with E-state index in [1.54, 1.807) is 0 Å². The third-order valence-corrected chi connectivity index (χ3v) is 2.84. The predicted molar refractivity (Wildman–Crippen MR) is 70.5 cm³/mol. The van der Waals surface area contributed by atoms with E-state index in [1.165, 1.54) is 5.56 Å². The number of benzene rings is 1. The fourth-order valence-corrected chi connectivity index (χ4v) is 1.90. The number of carbonyl (C=O) groups is 1. The van der Waals surface area contributed by atoms with Gasteiger partial charge in [0.1, 0.15) is 0 Å². The number of rotatable bonds is 5. The maximum atomic E-state index is 11.9. The Morgan fingerprint density at radius 3 is 2.44 bits per heavy atom. The van der Waals surface area contributed by atoms with Gasteiger partial charge in [-0.1, -0.05) is 46.3 Å². The van der Waals surface area contributed by atoms with Gasteiger partial charge in [-0.25, -0.2) is 0 Å². The van der Waals surface area contributed by atoms with E-state index >= 15 is 0 Å². The van der Waals surface area contributed by atoms with Crippen molar-refractivity contribution in [1.82, 2.24) is 4.90 Å². The molecule has 1 aromatic carbocycles. The van der Waals surface area contributed by atoms with Crippen LogP contribution in [0.2, 0.25) is 0 Å². The van der Waals surface area contributed by atoms with Crippen LogP contribution in [0, 0.1) is 0 Å². The molecule has 0 unspecified atom stereocenters. The molecular weight excluding hydrogens is 266 g/mol. The van der Waals surface area contributed by atoms with Crippen molar-refractivity contribution >= 4 is 21.8 Å². The molecule has 2 nitrogen and oxygen atoms in total. The highest BCUT2D eigenvalue weighted by atomic mass is 79.9. The third kappa shape index (κ3) is 3.97. The average Bonchev–Trinajstić information content (AvgIpc) is 2.27. The molecule has 0 heterocycles. The molecule has 1 amide bonds. The Bertz CT molecular complexity index is 324. The predicted octanol–water partition coefficient (Wildman–Crippen LogP) is 3.21. The van der Waals surface area contributed by atoms with Crippen LogP contribution in [-0.2, 0) is 11.3 Å². The molecule has 16 heavy (non-hydrogen) atoms. The van der Waals surface area contributed by atoms with Crippen LogP contribution >= 0.6 is 15.9 Å². The molecule has 0 aromatic heterocycles. The van der Waals surface area contributed by atoms with Gasteiger partial charge in [0.25, 0.3) is 0 Å². The smallest absolute Gasteiger partial charge is 0.223 e. The molecule has 0 radical (unpaired) electrons. The molecule has 0 bridgehead atoms. The van der Waals surface area contributed by atoms with E-state index in [0.717, 1.165) is 5.33 Å². The lowest BCUT2D eigenvalue weighted by atomic mass is 10.2. The Kier molecular flexibility index (Phi) is 5.53. The molecule has 0 N–H and O–H groups in total. The summed E-state index contributed by atoms with van der Waals surface area (Å²) >= 11 is 3.31. The van der Waals surface area contributed by atoms with Crippen molar-refractivity contribution in [3.05, 3.63) is 35.9 Å². The highest BCUT2D eigenvalue weighted by molar-refractivity contribution is 9.09. The highest BCUT2D eigenvalue weighted by Crippen LogP contribution is 2.10. The summed E-state index contributed by atoms with van der Waals surface area (Å²) in [7, 11) is 0. The zero-order valence-electron chi connectivity index (χ0n) is 9.82. The Labute approximate surface area is 106 Å². The minimum absolute atomic E-state index is 0.204. The van der Waals surface area contributed by atoms with Crippen molar-refractivity contribution in [3.8, 4) is 0 Å². The fourth-order valence-electron chi connectivity index (χ4n) is 1.56. The summed E-state index contributed by atoms with van der Waals surface area (Å²) in [6.45, 7) is 4.80. The van der Waals surface area contributed by atoms with Gasteiger partial charge < -0.3 is 4.90 Å². The number of halogens is 1. The molecule has 0 aliphatic carbocycles. The Morgan fingerprint density at radius 1 is 1.31 bits per heavy atom. The second-order valence-electron chi connectivity index (χ2n) is 4.04. The largest absolute Gasteiger partial charge is 0.336 e. The lowest BCUT2D eigenvalue weighted by molar-refractivity contribution is -0.133. The number of hydrogen-bond acceptors (Lipinski definition) is 1. The normalized spacial score (nSPS) is 10.5. The first-order valence-corrected chi connectivity index (χ1v) is 6.66. The topological polar surface area (TPSA) is 20.3 Å². The van der Waals surface area contributed by atoms with Crippen molar-refractivity contribution in [1.29, 1.82) is 0 Å². The van der Waals surface area contributed by atoms with Crippen LogP contribution in [0.3, 0.4) is 0 Å². The van der Waals surface area contributed by atoms with Crippen LogP contribution in [-0.4, -0.2) is 22.2 Å². The van der Waals surface area contributed by atoms with E-state index in [9.17, 15) is 4.79 Å². The van der Waals surface area contributed by atoms with Gasteiger partial charge in [0.15, 0.2) is 0 Å². The lowest BCUT2D eigenvalue weighted by Crippen LogP contribution is -2.36. The van der Waals surface area contributed by atoms with E-state index < -0.39 is 0 Å². The van der Waals surface area contributed by atoms with Crippen LogP contribution in [0.25, 0.3) is 0 Å². The van der Waals surface area contributed by atoms with Gasteiger partial charge in [-0.15, -0.1) is 0 Å². The van der Waals surface area contributed by atoms with Crippen LogP contribution in [0.5, 0.6) is 0 Å². The second kappa shape index (κ2) is 6.69. The zero-order valence-corrected chi connectivity index (χ0v) is 11.4. The first-order valence-electron chi connectivity index (χ1n) is 5.54. The van der Waals surface area contributed by atoms with Gasteiger partial charge in [-0.2, -0.15) is 0 Å². The molecule has 0 saturated carbocycles. The summed E-state index contributed by atoms with van der Waals surface area (Å²) in [5, 5.41) is 0.726. The van der Waals surface area contributed by atoms with E-state index in [-0.39, 0.29) is 11.9 Å². The second-order valence-corrected chi connectivity index (χ2v) is 4.83. The van der Waals surface area contributed by atoms with E-state index in [4.69, 9.17) is 0 Å². The Hall–Kier alpha value is -0.830. The van der Waals surface area contributed by atoms with Gasteiger partial charge in [0.05, 0.1) is 0 Å². The Morgan fingerprint density at radius 2 is 1.94 bits per heavy atom. The van der Waals surface area contributed by atoms with Crippen molar-refractivity contribution in [3.63, 3.8) is 0 Å². The molecule has 0 spiro atoms. The van der Waals surface area contributed by atoms with Crippen LogP contribution in [0.4, 0.5) is 0 Å². The molecule has 0 atom stereocenters. The highest BCUT2D eigenvalue weighted by Gasteiger charge is 2.16. The van der Waals surface area contributed by atoms with E-state index in [2.05, 4.69) is 41.9 Å². The summed E-state index contributed by atoms with van der Waals surface area (Å²) in [5.74, 6) is 0.204. The molecule has 0 aliphatic rings. The van der Waals surface area contributed by atoms with Gasteiger partial charge in [-0.3, -0.25) is 4.79 Å². The van der Waals surface area contributed by atoms with Crippen LogP contribution < -0.4 is 0 Å². The number of amides is 1. The molecular formula is C13H18BrNO. The van der Waals surface area contributed by atoms with E-state index in [0.29, 0.717) is 13.0 Å². The standard InChI is InChI=1S/C13H18BrNO/c1-11(2)15(13(16)8-9-14)10-12-6-4-3-5-7-12/h3-7,11H,8-10H2,1-2H3. The monoisotopic (exact) mass is 283 g/mol. The molecule has 3 heteroatoms. The summed E-state index contributed by atoms with van der Waals surface area (Å²) in [6.07, 6.45) is 0.561. The Balaban J connectivity index is 2.69. The number of hydrogen-bond donors (Lipinski definition) is 0. The molecule has 88 valence electrons. The lowest BCUT2D eigenvalue weighted by Gasteiger charge is -2.26. The molecule has 1 aromatic rings. The quantitative estimate of drug-likeness (QED) is 0.760. The minimum Gasteiger partial charge on any atom is -0.336 e. The number of alkyl halides is 1. The SMILES string of the molecule is CC(C)N(Cc1ccccc1)C(=O)CCBr. The van der Waals surface area contributed by atoms with Gasteiger partial charge in [-0.05, 0) is 19.4 Å². The van der Waals surface area contributed by atoms with Gasteiger partial charge >= 0.3 is 0 Å². The van der Waals surface area contributed by atoms with Crippen molar-refractivity contribution in [2.45, 2.75) is 32.9 Å². The maximum Gasteiger partial charge on any atom is 0.223 e. The molecule has 0 saturated heterocycles. The summed E-state index contributed by atoms with van der Waals surface area (Å²) in [5.41, 5.74) is 1.18. The van der Waals surface area contributed by atoms with Crippen molar-refractivity contribution < 1.29 is 4.79 Å². The summed E-state index contributed by atoms with van der Waals surface area (Å²) in [4.78, 5) is 13.8. The van der Waals surface area contributed by atoms with Crippen LogP contribution in [0.1, 0.15) is 25.8 Å². The number of nitrogens with zero attached hydrogens (tertiary/aromatic N) is 1. The fraction of sp³-hybridized carbons (Fsp3) is 0.462. The maximum absolute atomic E-state index is 11.9.